The fraction of sp³-hybridized carbons (Fsp3) is 0.800. The number of carboxylic acids is 6. The van der Waals surface area contributed by atoms with Crippen molar-refractivity contribution in [2.75, 3.05) is 118 Å². The summed E-state index contributed by atoms with van der Waals surface area (Å²) < 4.78 is 67.9. The van der Waals surface area contributed by atoms with Crippen LogP contribution in [0.2, 0.25) is 0 Å². The number of hydrogen-bond donors (Lipinski definition) is 4. The van der Waals surface area contributed by atoms with Crippen molar-refractivity contribution in [2.45, 2.75) is 38.5 Å². The topological polar surface area (TPSA) is 433 Å². The third-order valence-electron chi connectivity index (χ3n) is 8.23. The van der Waals surface area contributed by atoms with Crippen molar-refractivity contribution in [2.24, 2.45) is 0 Å². The molecule has 2 fully saturated rings. The summed E-state index contributed by atoms with van der Waals surface area (Å²) in [5.74, 6) is -5.61. The Morgan fingerprint density at radius 1 is 0.333 bits per heavy atom. The van der Waals surface area contributed by atoms with E-state index in [9.17, 15) is 39.0 Å². The van der Waals surface area contributed by atoms with Gasteiger partial charge in [-0.05, 0) is 12.8 Å². The molecule has 0 amide bonds. The van der Waals surface area contributed by atoms with Crippen molar-refractivity contribution in [1.29, 1.82) is 0 Å². The monoisotopic (exact) mass is 1110 g/mol. The second-order valence-corrected chi connectivity index (χ2v) is 14.1. The van der Waals surface area contributed by atoms with Gasteiger partial charge in [-0.25, -0.2) is 37.3 Å². The predicted octanol–water partition coefficient (Wildman–Crippen LogP) is -13.5. The van der Waals surface area contributed by atoms with Gasteiger partial charge in [-0.3, -0.25) is 19.2 Å². The molecule has 0 aromatic heterocycles. The van der Waals surface area contributed by atoms with Crippen molar-refractivity contribution in [3.8, 4) is 0 Å². The SMILES string of the molecule is O=C([O-])CCN1CCN(CCC(=O)O)CCN(CCC(=O)O)CC1.O=C([O-])CCN1CCN(CCC(=O)O)CCN(CCC(=O)O)CC1.[Cd+2].[Cd+2].[O-][Cl+3]([O-])([O-])[O-].[O-][Cl+3]([O-])([O-])[O-]. The van der Waals surface area contributed by atoms with Crippen molar-refractivity contribution >= 4 is 35.8 Å². The van der Waals surface area contributed by atoms with Crippen molar-refractivity contribution in [1.82, 2.24) is 29.4 Å². The van der Waals surface area contributed by atoms with Crippen LogP contribution in [-0.4, -0.2) is 203 Å². The number of carbonyl (C=O) groups excluding carboxylic acids is 2. The normalized spacial score (nSPS) is 16.8. The Hall–Kier alpha value is -1.32. The van der Waals surface area contributed by atoms with E-state index in [1.54, 1.807) is 0 Å². The molecule has 2 heterocycles. The van der Waals surface area contributed by atoms with Gasteiger partial charge in [-0.15, -0.1) is 20.5 Å². The van der Waals surface area contributed by atoms with Crippen LogP contribution in [0.4, 0.5) is 0 Å². The fourth-order valence-electron chi connectivity index (χ4n) is 5.22. The number of aliphatic carboxylic acids is 6. The molecular formula is C30H52Cd2Cl2N6O20. The number of halogens is 2. The molecule has 0 spiro atoms. The Balaban J connectivity index is -0.000000414. The number of carbonyl (C=O) groups is 6. The third-order valence-corrected chi connectivity index (χ3v) is 8.23. The molecule has 2 saturated heterocycles. The van der Waals surface area contributed by atoms with Crippen LogP contribution in [0.25, 0.3) is 0 Å². The standard InChI is InChI=1S/2C15H27N3O6.2Cd.2ClHO4/c2*19-13(20)1-4-16-7-9-17(5-2-14(21)22)11-12-18(10-8-16)6-3-15(23)24;;;2*2-1(3,4)5/h2*1-12H2,(H,19,20)(H,21,22)(H,23,24);;;2*(H,2,3,4,5)/q;;2*+2;;/p-4. The average Bonchev–Trinajstić information content (AvgIpc) is 3.23. The zero-order valence-electron chi connectivity index (χ0n) is 33.1. The first-order valence-corrected chi connectivity index (χ1v) is 20.0. The summed E-state index contributed by atoms with van der Waals surface area (Å²) in [6, 6.07) is 0. The van der Waals surface area contributed by atoms with Gasteiger partial charge < -0.3 is 69.6 Å². The second kappa shape index (κ2) is 37.1. The molecule has 0 unspecified atom stereocenters. The molecule has 340 valence electrons. The van der Waals surface area contributed by atoms with E-state index in [0.29, 0.717) is 118 Å². The molecule has 2 aliphatic heterocycles. The van der Waals surface area contributed by atoms with Gasteiger partial charge >= 0.3 is 78.5 Å². The summed E-state index contributed by atoms with van der Waals surface area (Å²) in [4.78, 5) is 76.5. The summed E-state index contributed by atoms with van der Waals surface area (Å²) in [5.41, 5.74) is 0. The average molecular weight is 1110 g/mol. The molecule has 0 aromatic rings. The maximum absolute atomic E-state index is 10.8. The van der Waals surface area contributed by atoms with Gasteiger partial charge in [0, 0.05) is 130 Å². The van der Waals surface area contributed by atoms with E-state index in [0.717, 1.165) is 0 Å². The van der Waals surface area contributed by atoms with E-state index >= 15 is 0 Å². The molecule has 60 heavy (non-hydrogen) atoms. The minimum absolute atomic E-state index is 0. The van der Waals surface area contributed by atoms with Gasteiger partial charge in [-0.2, -0.15) is 0 Å². The summed E-state index contributed by atoms with van der Waals surface area (Å²) >= 11 is 0. The smallest absolute Gasteiger partial charge is 0.550 e. The largest absolute Gasteiger partial charge is 2.00 e. The van der Waals surface area contributed by atoms with Gasteiger partial charge in [0.05, 0.1) is 25.7 Å². The molecule has 30 heteroatoms. The Labute approximate surface area is 390 Å². The van der Waals surface area contributed by atoms with Crippen molar-refractivity contribution < 1.29 is 172 Å². The first kappa shape index (κ1) is 65.3. The van der Waals surface area contributed by atoms with Crippen LogP contribution >= 0.6 is 0 Å². The van der Waals surface area contributed by atoms with E-state index in [1.807, 2.05) is 29.4 Å². The maximum Gasteiger partial charge on any atom is 2.00 e. The quantitative estimate of drug-likeness (QED) is 0.0926. The zero-order valence-corrected chi connectivity index (χ0v) is 42.7. The number of nitrogens with zero attached hydrogens (tertiary/aromatic N) is 6. The van der Waals surface area contributed by atoms with Crippen LogP contribution in [-0.2, 0) is 83.4 Å². The van der Waals surface area contributed by atoms with E-state index in [1.165, 1.54) is 0 Å². The van der Waals surface area contributed by atoms with Crippen LogP contribution < -0.4 is 47.5 Å². The molecule has 0 atom stereocenters. The summed E-state index contributed by atoms with van der Waals surface area (Å²) in [6.45, 7) is 10.4. The van der Waals surface area contributed by atoms with Crippen molar-refractivity contribution in [3.63, 3.8) is 0 Å². The molecule has 0 aromatic carbocycles. The third kappa shape index (κ3) is 51.0. The zero-order chi connectivity index (χ0) is 44.9. The molecular weight excluding hydrogens is 1060 g/mol. The fourth-order valence-corrected chi connectivity index (χ4v) is 5.22. The van der Waals surface area contributed by atoms with Gasteiger partial charge in [0.1, 0.15) is 0 Å². The van der Waals surface area contributed by atoms with Crippen LogP contribution in [0.1, 0.15) is 38.5 Å². The summed E-state index contributed by atoms with van der Waals surface area (Å²) in [7, 11) is -9.89. The minimum Gasteiger partial charge on any atom is -0.550 e. The number of hydrogen-bond acceptors (Lipinski definition) is 22. The predicted molar refractivity (Wildman–Crippen MR) is 167 cm³/mol. The molecule has 0 bridgehead atoms. The van der Waals surface area contributed by atoms with Gasteiger partial charge in [0.2, 0.25) is 0 Å². The van der Waals surface area contributed by atoms with Crippen LogP contribution in [0.3, 0.4) is 0 Å². The first-order chi connectivity index (χ1) is 26.7. The summed E-state index contributed by atoms with van der Waals surface area (Å²) in [5, 5.41) is 56.7. The maximum atomic E-state index is 10.8. The van der Waals surface area contributed by atoms with Crippen molar-refractivity contribution in [3.05, 3.63) is 0 Å². The van der Waals surface area contributed by atoms with Crippen LogP contribution in [0.5, 0.6) is 0 Å². The van der Waals surface area contributed by atoms with Crippen LogP contribution in [0.15, 0.2) is 0 Å². The second-order valence-electron chi connectivity index (χ2n) is 12.6. The Bertz CT molecular complexity index is 977. The molecule has 4 N–H and O–H groups in total. The van der Waals surface area contributed by atoms with Gasteiger partial charge in [-0.1, -0.05) is 0 Å². The molecule has 2 aliphatic rings. The molecule has 0 radical (unpaired) electrons. The van der Waals surface area contributed by atoms with Gasteiger partial charge in [0.15, 0.2) is 0 Å². The van der Waals surface area contributed by atoms with E-state index in [2.05, 4.69) is 0 Å². The molecule has 26 nitrogen and oxygen atoms in total. The molecule has 0 aliphatic carbocycles. The minimum atomic E-state index is -4.94. The summed E-state index contributed by atoms with van der Waals surface area (Å²) in [6.07, 6.45) is 0.0964. The Kier molecular flexibility index (Phi) is 40.4. The van der Waals surface area contributed by atoms with E-state index in [4.69, 9.17) is 57.7 Å². The van der Waals surface area contributed by atoms with E-state index in [-0.39, 0.29) is 93.1 Å². The molecule has 0 saturated carbocycles. The first-order valence-electron chi connectivity index (χ1n) is 17.6. The van der Waals surface area contributed by atoms with Gasteiger partial charge in [0.25, 0.3) is 0 Å². The van der Waals surface area contributed by atoms with Crippen LogP contribution in [0, 0.1) is 20.5 Å². The number of carboxylic acid groups (broad SMARTS) is 6. The van der Waals surface area contributed by atoms with E-state index < -0.39 is 56.3 Å². The number of rotatable bonds is 18. The Morgan fingerprint density at radius 3 is 0.550 bits per heavy atom. The molecule has 2 rings (SSSR count). The Morgan fingerprint density at radius 2 is 0.450 bits per heavy atom.